The molecule has 3 atom stereocenters. The number of aliphatic hydroxyl groups excluding tert-OH is 1. The molecule has 2 aromatic carbocycles. The van der Waals surface area contributed by atoms with Crippen molar-refractivity contribution >= 4 is 40.7 Å². The van der Waals surface area contributed by atoms with Gasteiger partial charge in [0.25, 0.3) is 0 Å². The van der Waals surface area contributed by atoms with Gasteiger partial charge < -0.3 is 15.7 Å². The molecule has 4 fully saturated rings. The van der Waals surface area contributed by atoms with E-state index in [4.69, 9.17) is 23.2 Å². The van der Waals surface area contributed by atoms with E-state index in [1.54, 1.807) is 0 Å². The lowest BCUT2D eigenvalue weighted by molar-refractivity contribution is -0.125. The van der Waals surface area contributed by atoms with Gasteiger partial charge >= 0.3 is 0 Å². The zero-order chi connectivity index (χ0) is 30.1. The van der Waals surface area contributed by atoms with Crippen LogP contribution in [0.1, 0.15) is 82.3 Å². The highest BCUT2D eigenvalue weighted by molar-refractivity contribution is 6.31. The largest absolute Gasteiger partial charge is 0.390 e. The van der Waals surface area contributed by atoms with E-state index >= 15 is 0 Å². The molecule has 7 rings (SSSR count). The molecule has 4 N–H and O–H groups in total. The Kier molecular flexibility index (Phi) is 7.37. The number of rotatable bonds is 4. The van der Waals surface area contributed by atoms with E-state index in [2.05, 4.69) is 34.7 Å². The Morgan fingerprint density at radius 1 is 0.977 bits per heavy atom. The Morgan fingerprint density at radius 2 is 1.67 bits per heavy atom. The molecule has 3 aliphatic heterocycles. The SMILES string of the molecule is CC1(C)CCC2(CC1)N[C@@H](C(=O)NC1CCC(N3CC(O)C3)CC1)[C@H](c1cccc(Cl)c1)[C@]21C(=O)Nc2cc(Cl)ccc21. The lowest BCUT2D eigenvalue weighted by Crippen LogP contribution is -2.61. The van der Waals surface area contributed by atoms with Crippen molar-refractivity contribution in [2.75, 3.05) is 18.4 Å². The minimum absolute atomic E-state index is 0.0518. The summed E-state index contributed by atoms with van der Waals surface area (Å²) in [7, 11) is 0. The number of hydrogen-bond acceptors (Lipinski definition) is 5. The van der Waals surface area contributed by atoms with Gasteiger partial charge in [-0.05, 0) is 92.2 Å². The summed E-state index contributed by atoms with van der Waals surface area (Å²) in [5, 5.41) is 21.4. The van der Waals surface area contributed by atoms with Gasteiger partial charge in [0.2, 0.25) is 11.8 Å². The van der Waals surface area contributed by atoms with Crippen molar-refractivity contribution in [3.05, 3.63) is 63.6 Å². The summed E-state index contributed by atoms with van der Waals surface area (Å²) in [6, 6.07) is 13.3. The maximum absolute atomic E-state index is 14.6. The Labute approximate surface area is 264 Å². The predicted octanol–water partition coefficient (Wildman–Crippen LogP) is 5.38. The lowest BCUT2D eigenvalue weighted by atomic mass is 9.53. The molecule has 5 aliphatic rings. The van der Waals surface area contributed by atoms with Gasteiger partial charge in [0, 0.05) is 52.4 Å². The number of anilines is 1. The van der Waals surface area contributed by atoms with Crippen LogP contribution in [0.25, 0.3) is 0 Å². The highest BCUT2D eigenvalue weighted by Crippen LogP contribution is 2.63. The molecule has 2 saturated heterocycles. The van der Waals surface area contributed by atoms with Crippen LogP contribution >= 0.6 is 23.2 Å². The molecule has 230 valence electrons. The number of carbonyl (C=O) groups is 2. The van der Waals surface area contributed by atoms with E-state index in [0.29, 0.717) is 16.1 Å². The van der Waals surface area contributed by atoms with Crippen molar-refractivity contribution < 1.29 is 14.7 Å². The number of benzene rings is 2. The molecule has 2 amide bonds. The zero-order valence-electron chi connectivity index (χ0n) is 25.0. The highest BCUT2D eigenvalue weighted by Gasteiger charge is 2.72. The van der Waals surface area contributed by atoms with Crippen molar-refractivity contribution in [3.63, 3.8) is 0 Å². The average Bonchev–Trinajstić information content (AvgIpc) is 3.41. The minimum atomic E-state index is -1.01. The van der Waals surface area contributed by atoms with E-state index in [-0.39, 0.29) is 29.4 Å². The maximum Gasteiger partial charge on any atom is 0.238 e. The van der Waals surface area contributed by atoms with Crippen LogP contribution in [-0.2, 0) is 15.0 Å². The van der Waals surface area contributed by atoms with Crippen molar-refractivity contribution in [1.82, 2.24) is 15.5 Å². The van der Waals surface area contributed by atoms with Crippen LogP contribution in [0.4, 0.5) is 5.69 Å². The first kappa shape index (κ1) is 29.5. The Balaban J connectivity index is 1.27. The number of β-amino-alcohol motifs (C(OH)–C–C–N with tert-alkyl or cyclic N) is 1. The van der Waals surface area contributed by atoms with Gasteiger partial charge in [0.05, 0.1) is 12.1 Å². The molecule has 0 unspecified atom stereocenters. The van der Waals surface area contributed by atoms with E-state index in [1.807, 2.05) is 42.5 Å². The lowest BCUT2D eigenvalue weighted by Gasteiger charge is -2.50. The fourth-order valence-corrected chi connectivity index (χ4v) is 9.42. The third-order valence-corrected chi connectivity index (χ3v) is 11.9. The molecule has 2 saturated carbocycles. The number of amides is 2. The first-order chi connectivity index (χ1) is 20.5. The van der Waals surface area contributed by atoms with Gasteiger partial charge in [0.1, 0.15) is 5.41 Å². The number of carbonyl (C=O) groups excluding carboxylic acids is 2. The van der Waals surface area contributed by atoms with Crippen molar-refractivity contribution in [3.8, 4) is 0 Å². The summed E-state index contributed by atoms with van der Waals surface area (Å²) in [4.78, 5) is 31.4. The van der Waals surface area contributed by atoms with Crippen LogP contribution in [0.2, 0.25) is 10.0 Å². The second-order valence-corrected chi connectivity index (χ2v) is 15.3. The molecule has 7 nitrogen and oxygen atoms in total. The molecule has 9 heteroatoms. The Bertz CT molecular complexity index is 1420. The van der Waals surface area contributed by atoms with Gasteiger partial charge in [-0.1, -0.05) is 55.2 Å². The fraction of sp³-hybridized carbons (Fsp3) is 0.588. The van der Waals surface area contributed by atoms with Gasteiger partial charge in [-0.15, -0.1) is 0 Å². The first-order valence-corrected chi connectivity index (χ1v) is 16.6. The van der Waals surface area contributed by atoms with Gasteiger partial charge in [0.15, 0.2) is 0 Å². The number of halogens is 2. The second kappa shape index (κ2) is 10.7. The number of likely N-dealkylation sites (tertiary alicyclic amines) is 1. The highest BCUT2D eigenvalue weighted by atomic mass is 35.5. The molecular formula is C34H42Cl2N4O3. The van der Waals surface area contributed by atoms with Crippen LogP contribution in [0.5, 0.6) is 0 Å². The number of aliphatic hydroxyl groups is 1. The summed E-state index contributed by atoms with van der Waals surface area (Å²) in [6.07, 6.45) is 7.08. The molecule has 43 heavy (non-hydrogen) atoms. The number of nitrogens with one attached hydrogen (secondary N) is 3. The first-order valence-electron chi connectivity index (χ1n) is 15.9. The summed E-state index contributed by atoms with van der Waals surface area (Å²) >= 11 is 13.0. The van der Waals surface area contributed by atoms with Crippen LogP contribution in [0, 0.1) is 5.41 Å². The molecule has 0 aromatic heterocycles. The fourth-order valence-electron chi connectivity index (χ4n) is 9.05. The third kappa shape index (κ3) is 4.82. The molecular weight excluding hydrogens is 583 g/mol. The number of nitrogens with zero attached hydrogens (tertiary/aromatic N) is 1. The van der Waals surface area contributed by atoms with Crippen LogP contribution in [0.15, 0.2) is 42.5 Å². The monoisotopic (exact) mass is 624 g/mol. The molecule has 3 heterocycles. The molecule has 2 spiro atoms. The van der Waals surface area contributed by atoms with E-state index in [0.717, 1.165) is 81.3 Å². The minimum Gasteiger partial charge on any atom is -0.390 e. The normalized spacial score (nSPS) is 33.3. The Morgan fingerprint density at radius 3 is 2.35 bits per heavy atom. The summed E-state index contributed by atoms with van der Waals surface area (Å²) in [5.41, 5.74) is 1.06. The topological polar surface area (TPSA) is 93.7 Å². The van der Waals surface area contributed by atoms with Crippen LogP contribution in [-0.4, -0.2) is 64.7 Å². The molecule has 2 aliphatic carbocycles. The summed E-state index contributed by atoms with van der Waals surface area (Å²) in [6.45, 7) is 6.09. The average molecular weight is 626 g/mol. The van der Waals surface area contributed by atoms with Crippen molar-refractivity contribution in [2.24, 2.45) is 5.41 Å². The van der Waals surface area contributed by atoms with Crippen LogP contribution in [0.3, 0.4) is 0 Å². The van der Waals surface area contributed by atoms with Crippen molar-refractivity contribution in [1.29, 1.82) is 0 Å². The molecule has 0 radical (unpaired) electrons. The van der Waals surface area contributed by atoms with E-state index in [9.17, 15) is 14.7 Å². The zero-order valence-corrected chi connectivity index (χ0v) is 26.5. The van der Waals surface area contributed by atoms with Crippen molar-refractivity contribution in [2.45, 2.75) is 106 Å². The molecule has 0 bridgehead atoms. The third-order valence-electron chi connectivity index (χ3n) is 11.4. The summed E-state index contributed by atoms with van der Waals surface area (Å²) in [5.74, 6) is -0.590. The van der Waals surface area contributed by atoms with E-state index in [1.165, 1.54) is 0 Å². The molecule has 2 aromatic rings. The van der Waals surface area contributed by atoms with Crippen LogP contribution < -0.4 is 16.0 Å². The van der Waals surface area contributed by atoms with E-state index < -0.39 is 22.9 Å². The number of fused-ring (bicyclic) bond motifs is 3. The smallest absolute Gasteiger partial charge is 0.238 e. The summed E-state index contributed by atoms with van der Waals surface area (Å²) < 4.78 is 0. The maximum atomic E-state index is 14.6. The number of hydrogen-bond donors (Lipinski definition) is 4. The standard InChI is InChI=1S/C34H42Cl2N4O3/c1-32(2)12-14-33(15-13-32)34(26-11-6-22(36)17-27(26)38-31(34)43)28(20-4-3-5-21(35)16-20)29(39-33)30(42)37-23-7-9-24(10-8-23)40-18-25(41)19-40/h3-6,11,16-17,23-25,28-29,39,41H,7-10,12-15,18-19H2,1-2H3,(H,37,42)(H,38,43)/t23?,24?,28-,29+,34+/m0/s1. The second-order valence-electron chi connectivity index (χ2n) is 14.5. The Hall–Kier alpha value is -2.16. The predicted molar refractivity (Wildman–Crippen MR) is 170 cm³/mol. The van der Waals surface area contributed by atoms with Gasteiger partial charge in [-0.3, -0.25) is 19.8 Å². The van der Waals surface area contributed by atoms with Gasteiger partial charge in [-0.2, -0.15) is 0 Å². The quantitative estimate of drug-likeness (QED) is 0.366. The van der Waals surface area contributed by atoms with Gasteiger partial charge in [-0.25, -0.2) is 0 Å².